The minimum absolute atomic E-state index is 0.230. The van der Waals surface area contributed by atoms with Gasteiger partial charge in [0.1, 0.15) is 0 Å². The molecular weight excluding hydrogens is 464 g/mol. The van der Waals surface area contributed by atoms with E-state index in [9.17, 15) is 9.59 Å². The normalized spacial score (nSPS) is 10.4. The van der Waals surface area contributed by atoms with Crippen LogP contribution in [0.5, 0.6) is 0 Å². The lowest BCUT2D eigenvalue weighted by atomic mass is 10.0. The molecule has 0 aliphatic rings. The van der Waals surface area contributed by atoms with Gasteiger partial charge < -0.3 is 21.3 Å². The summed E-state index contributed by atoms with van der Waals surface area (Å²) in [5.74, 6) is 0. The summed E-state index contributed by atoms with van der Waals surface area (Å²) >= 11 is 0. The van der Waals surface area contributed by atoms with E-state index in [0.717, 1.165) is 52.9 Å². The topological polar surface area (TPSA) is 108 Å². The second-order valence-electron chi connectivity index (χ2n) is 8.54. The van der Waals surface area contributed by atoms with Gasteiger partial charge in [0, 0.05) is 49.3 Å². The van der Waals surface area contributed by atoms with E-state index in [4.69, 9.17) is 0 Å². The van der Waals surface area contributed by atoms with Crippen LogP contribution in [0.1, 0.15) is 22.3 Å². The Labute approximate surface area is 216 Å². The van der Waals surface area contributed by atoms with E-state index in [0.29, 0.717) is 13.1 Å². The Hall–Kier alpha value is -4.72. The standard InChI is InChI=1S/C29H30N6O2/c36-28(32-19-13-22-9-15-30-16-10-22)34-26-5-1-24(2-6-26)21-25-3-7-27(8-4-25)35-29(37)33-20-14-23-11-17-31-18-12-23/h1-12,15-18H,13-14,19-21H2,(H2,32,34,36)(H2,33,35,37). The Morgan fingerprint density at radius 1 is 0.514 bits per heavy atom. The summed E-state index contributed by atoms with van der Waals surface area (Å²) in [6.45, 7) is 1.10. The number of amides is 4. The molecule has 37 heavy (non-hydrogen) atoms. The number of nitrogens with one attached hydrogen (secondary N) is 4. The number of carbonyl (C=O) groups is 2. The SMILES string of the molecule is O=C(NCCc1ccncc1)Nc1ccc(Cc2ccc(NC(=O)NCCc3ccncc3)cc2)cc1. The fourth-order valence-electron chi connectivity index (χ4n) is 3.74. The molecule has 0 saturated heterocycles. The molecule has 0 aliphatic carbocycles. The van der Waals surface area contributed by atoms with Gasteiger partial charge in [-0.3, -0.25) is 9.97 Å². The van der Waals surface area contributed by atoms with Gasteiger partial charge in [-0.15, -0.1) is 0 Å². The Balaban J connectivity index is 1.17. The van der Waals surface area contributed by atoms with Crippen LogP contribution < -0.4 is 21.3 Å². The van der Waals surface area contributed by atoms with Crippen molar-refractivity contribution < 1.29 is 9.59 Å². The molecule has 0 fully saturated rings. The highest BCUT2D eigenvalue weighted by Gasteiger charge is 2.04. The van der Waals surface area contributed by atoms with Crippen LogP contribution in [0.15, 0.2) is 97.6 Å². The third-order valence-electron chi connectivity index (χ3n) is 5.73. The fourth-order valence-corrected chi connectivity index (χ4v) is 3.74. The van der Waals surface area contributed by atoms with Gasteiger partial charge in [0.05, 0.1) is 0 Å². The Bertz CT molecular complexity index is 1160. The molecule has 0 atom stereocenters. The zero-order chi connectivity index (χ0) is 25.7. The van der Waals surface area contributed by atoms with Gasteiger partial charge in [-0.2, -0.15) is 0 Å². The van der Waals surface area contributed by atoms with Gasteiger partial charge in [0.2, 0.25) is 0 Å². The van der Waals surface area contributed by atoms with Crippen LogP contribution in [0, 0.1) is 0 Å². The Morgan fingerprint density at radius 2 is 0.892 bits per heavy atom. The first-order valence-corrected chi connectivity index (χ1v) is 12.2. The van der Waals surface area contributed by atoms with Crippen molar-refractivity contribution >= 4 is 23.4 Å². The lowest BCUT2D eigenvalue weighted by Crippen LogP contribution is -2.30. The maximum absolute atomic E-state index is 12.1. The number of aromatic nitrogens is 2. The molecule has 2 heterocycles. The number of carbonyl (C=O) groups excluding carboxylic acids is 2. The van der Waals surface area contributed by atoms with E-state index in [-0.39, 0.29) is 12.1 Å². The van der Waals surface area contributed by atoms with Gasteiger partial charge >= 0.3 is 12.1 Å². The van der Waals surface area contributed by atoms with Gasteiger partial charge in [-0.05, 0) is 90.0 Å². The van der Waals surface area contributed by atoms with E-state index in [1.807, 2.05) is 72.8 Å². The van der Waals surface area contributed by atoms with Gasteiger partial charge in [0.15, 0.2) is 0 Å². The second-order valence-corrected chi connectivity index (χ2v) is 8.54. The van der Waals surface area contributed by atoms with Gasteiger partial charge in [-0.1, -0.05) is 24.3 Å². The fraction of sp³-hybridized carbons (Fsp3) is 0.172. The van der Waals surface area contributed by atoms with E-state index < -0.39 is 0 Å². The summed E-state index contributed by atoms with van der Waals surface area (Å²) in [5, 5.41) is 11.4. The number of anilines is 2. The molecule has 4 N–H and O–H groups in total. The van der Waals surface area contributed by atoms with Crippen LogP contribution in [0.3, 0.4) is 0 Å². The Morgan fingerprint density at radius 3 is 1.27 bits per heavy atom. The highest BCUT2D eigenvalue weighted by molar-refractivity contribution is 5.89. The minimum atomic E-state index is -0.230. The average molecular weight is 495 g/mol. The van der Waals surface area contributed by atoms with Crippen LogP contribution >= 0.6 is 0 Å². The number of pyridine rings is 2. The lowest BCUT2D eigenvalue weighted by molar-refractivity contribution is 0.251. The van der Waals surface area contributed by atoms with Crippen molar-refractivity contribution in [3.05, 3.63) is 120 Å². The molecule has 188 valence electrons. The first kappa shape index (κ1) is 25.4. The summed E-state index contributed by atoms with van der Waals surface area (Å²) in [5.41, 5.74) is 5.98. The van der Waals surface area contributed by atoms with Gasteiger partial charge in [-0.25, -0.2) is 9.59 Å². The molecular formula is C29H30N6O2. The van der Waals surface area contributed by atoms with Crippen molar-refractivity contribution in [1.82, 2.24) is 20.6 Å². The first-order valence-electron chi connectivity index (χ1n) is 12.2. The Kier molecular flexibility index (Phi) is 9.18. The molecule has 0 aliphatic heterocycles. The smallest absolute Gasteiger partial charge is 0.319 e. The van der Waals surface area contributed by atoms with Crippen molar-refractivity contribution in [2.75, 3.05) is 23.7 Å². The quantitative estimate of drug-likeness (QED) is 0.254. The summed E-state index contributed by atoms with van der Waals surface area (Å²) in [6, 6.07) is 22.8. The summed E-state index contributed by atoms with van der Waals surface area (Å²) in [4.78, 5) is 32.3. The predicted octanol–water partition coefficient (Wildman–Crippen LogP) is 4.80. The van der Waals surface area contributed by atoms with E-state index in [2.05, 4.69) is 31.2 Å². The molecule has 0 saturated carbocycles. The highest BCUT2D eigenvalue weighted by Crippen LogP contribution is 2.16. The maximum atomic E-state index is 12.1. The molecule has 4 aromatic rings. The number of nitrogens with zero attached hydrogens (tertiary/aromatic N) is 2. The zero-order valence-corrected chi connectivity index (χ0v) is 20.5. The van der Waals surface area contributed by atoms with Crippen LogP contribution in [0.2, 0.25) is 0 Å². The van der Waals surface area contributed by atoms with Crippen molar-refractivity contribution in [2.24, 2.45) is 0 Å². The molecule has 8 heteroatoms. The number of urea groups is 2. The third-order valence-corrected chi connectivity index (χ3v) is 5.73. The van der Waals surface area contributed by atoms with Crippen LogP contribution in [-0.4, -0.2) is 35.1 Å². The molecule has 4 amide bonds. The predicted molar refractivity (Wildman–Crippen MR) is 146 cm³/mol. The number of hydrogen-bond acceptors (Lipinski definition) is 4. The van der Waals surface area contributed by atoms with Crippen LogP contribution in [-0.2, 0) is 19.3 Å². The number of benzene rings is 2. The summed E-state index contributed by atoms with van der Waals surface area (Å²) in [7, 11) is 0. The summed E-state index contributed by atoms with van der Waals surface area (Å²) in [6.07, 6.45) is 9.23. The molecule has 0 unspecified atom stereocenters. The maximum Gasteiger partial charge on any atom is 0.319 e. The number of rotatable bonds is 10. The molecule has 2 aromatic heterocycles. The van der Waals surface area contributed by atoms with Crippen molar-refractivity contribution in [3.63, 3.8) is 0 Å². The van der Waals surface area contributed by atoms with Gasteiger partial charge in [0.25, 0.3) is 0 Å². The molecule has 0 spiro atoms. The number of hydrogen-bond donors (Lipinski definition) is 4. The van der Waals surface area contributed by atoms with E-state index in [1.165, 1.54) is 0 Å². The first-order chi connectivity index (χ1) is 18.1. The monoisotopic (exact) mass is 494 g/mol. The largest absolute Gasteiger partial charge is 0.338 e. The van der Waals surface area contributed by atoms with Crippen molar-refractivity contribution in [3.8, 4) is 0 Å². The van der Waals surface area contributed by atoms with Crippen molar-refractivity contribution in [2.45, 2.75) is 19.3 Å². The van der Waals surface area contributed by atoms with Crippen LogP contribution in [0.25, 0.3) is 0 Å². The molecule has 0 radical (unpaired) electrons. The highest BCUT2D eigenvalue weighted by atomic mass is 16.2. The minimum Gasteiger partial charge on any atom is -0.338 e. The third kappa shape index (κ3) is 8.78. The molecule has 0 bridgehead atoms. The van der Waals surface area contributed by atoms with Crippen molar-refractivity contribution in [1.29, 1.82) is 0 Å². The van der Waals surface area contributed by atoms with E-state index >= 15 is 0 Å². The summed E-state index contributed by atoms with van der Waals surface area (Å²) < 4.78 is 0. The average Bonchev–Trinajstić information content (AvgIpc) is 2.92. The van der Waals surface area contributed by atoms with E-state index in [1.54, 1.807) is 24.8 Å². The molecule has 2 aromatic carbocycles. The lowest BCUT2D eigenvalue weighted by Gasteiger charge is -2.10. The second kappa shape index (κ2) is 13.4. The molecule has 4 rings (SSSR count). The van der Waals surface area contributed by atoms with Crippen LogP contribution in [0.4, 0.5) is 21.0 Å². The molecule has 8 nitrogen and oxygen atoms in total. The zero-order valence-electron chi connectivity index (χ0n) is 20.5.